The van der Waals surface area contributed by atoms with E-state index in [1.165, 1.54) is 15.9 Å². The number of carbonyl (C=O) groups is 4. The third kappa shape index (κ3) is 3.82. The molecule has 0 unspecified atom stereocenters. The number of benzene rings is 2. The third-order valence-corrected chi connectivity index (χ3v) is 6.72. The lowest BCUT2D eigenvalue weighted by atomic mass is 9.85. The molecule has 2 aliphatic heterocycles. The standard InChI is InChI=1S/C25H21ClN2O5/c26-20-10-3-4-11-21(20)27-14-15(12-22(27)29)25(32)33-17-7-5-6-16(13-17)28-23(30)18-8-1-2-9-19(18)24(28)31/h1-7,10-11,13,15,18-19H,8-9,12,14H2/t15-,18-,19+/m1/s1. The van der Waals surface area contributed by atoms with E-state index in [9.17, 15) is 19.2 Å². The summed E-state index contributed by atoms with van der Waals surface area (Å²) >= 11 is 6.20. The first-order valence-corrected chi connectivity index (χ1v) is 11.2. The van der Waals surface area contributed by atoms with Crippen LogP contribution in [0.2, 0.25) is 5.02 Å². The molecule has 2 fully saturated rings. The first-order chi connectivity index (χ1) is 15.9. The molecule has 3 atom stereocenters. The van der Waals surface area contributed by atoms with Crippen molar-refractivity contribution in [1.82, 2.24) is 0 Å². The van der Waals surface area contributed by atoms with Crippen LogP contribution in [-0.2, 0) is 19.2 Å². The molecule has 168 valence electrons. The number of rotatable bonds is 4. The lowest BCUT2D eigenvalue weighted by Crippen LogP contribution is -2.31. The SMILES string of the molecule is O=C(Oc1cccc(N2C(=O)[C@H]3CC=CC[C@H]3C2=O)c1)[C@@H]1CC(=O)N(c2ccccc2Cl)C1. The number of nitrogens with zero attached hydrogens (tertiary/aromatic N) is 2. The van der Waals surface area contributed by atoms with Crippen molar-refractivity contribution in [2.24, 2.45) is 17.8 Å². The topological polar surface area (TPSA) is 84.0 Å². The van der Waals surface area contributed by atoms with Gasteiger partial charge in [0.1, 0.15) is 5.75 Å². The molecule has 7 nitrogen and oxygen atoms in total. The molecule has 2 heterocycles. The van der Waals surface area contributed by atoms with Gasteiger partial charge in [0, 0.05) is 19.0 Å². The second-order valence-electron chi connectivity index (χ2n) is 8.44. The summed E-state index contributed by atoms with van der Waals surface area (Å²) in [5.41, 5.74) is 0.938. The molecule has 2 aromatic rings. The third-order valence-electron chi connectivity index (χ3n) is 6.40. The molecule has 0 aromatic heterocycles. The maximum atomic E-state index is 12.8. The molecule has 3 amide bonds. The van der Waals surface area contributed by atoms with E-state index in [1.807, 2.05) is 12.2 Å². The van der Waals surface area contributed by atoms with Gasteiger partial charge >= 0.3 is 5.97 Å². The van der Waals surface area contributed by atoms with E-state index in [0.29, 0.717) is 29.2 Å². The summed E-state index contributed by atoms with van der Waals surface area (Å²) in [7, 11) is 0. The highest BCUT2D eigenvalue weighted by Gasteiger charge is 2.48. The minimum absolute atomic E-state index is 0.0171. The van der Waals surface area contributed by atoms with Gasteiger partial charge in [0.15, 0.2) is 0 Å². The minimum Gasteiger partial charge on any atom is -0.426 e. The van der Waals surface area contributed by atoms with E-state index in [0.717, 1.165) is 0 Å². The van der Waals surface area contributed by atoms with Gasteiger partial charge < -0.3 is 9.64 Å². The summed E-state index contributed by atoms with van der Waals surface area (Å²) < 4.78 is 5.54. The number of fused-ring (bicyclic) bond motifs is 1. The van der Waals surface area contributed by atoms with Crippen molar-refractivity contribution in [3.63, 3.8) is 0 Å². The highest BCUT2D eigenvalue weighted by Crippen LogP contribution is 2.38. The largest absolute Gasteiger partial charge is 0.426 e. The summed E-state index contributed by atoms with van der Waals surface area (Å²) in [6.45, 7) is 0.167. The molecule has 0 N–H and O–H groups in total. The Morgan fingerprint density at radius 1 is 0.939 bits per heavy atom. The molecule has 0 saturated carbocycles. The molecule has 2 saturated heterocycles. The number of hydrogen-bond acceptors (Lipinski definition) is 5. The molecule has 0 radical (unpaired) electrons. The van der Waals surface area contributed by atoms with Crippen LogP contribution in [0.5, 0.6) is 5.75 Å². The molecule has 1 aliphatic carbocycles. The van der Waals surface area contributed by atoms with Gasteiger partial charge in [0.25, 0.3) is 0 Å². The number of anilines is 2. The molecule has 3 aliphatic rings. The van der Waals surface area contributed by atoms with Gasteiger partial charge in [0.2, 0.25) is 17.7 Å². The normalized spacial score (nSPS) is 24.4. The lowest BCUT2D eigenvalue weighted by Gasteiger charge is -2.18. The Kier molecular flexibility index (Phi) is 5.50. The summed E-state index contributed by atoms with van der Waals surface area (Å²) in [4.78, 5) is 53.6. The molecule has 2 aromatic carbocycles. The van der Waals surface area contributed by atoms with Crippen molar-refractivity contribution >= 4 is 46.7 Å². The predicted octanol–water partition coefficient (Wildman–Crippen LogP) is 3.75. The Morgan fingerprint density at radius 2 is 1.64 bits per heavy atom. The number of hydrogen-bond donors (Lipinski definition) is 0. The van der Waals surface area contributed by atoms with Gasteiger partial charge in [-0.15, -0.1) is 0 Å². The molecule has 33 heavy (non-hydrogen) atoms. The Balaban J connectivity index is 1.30. The minimum atomic E-state index is -0.651. The molecule has 0 bridgehead atoms. The van der Waals surface area contributed by atoms with E-state index >= 15 is 0 Å². The average Bonchev–Trinajstić information content (AvgIpc) is 3.32. The number of carbonyl (C=O) groups excluding carboxylic acids is 4. The summed E-state index contributed by atoms with van der Waals surface area (Å²) in [6.07, 6.45) is 4.99. The summed E-state index contributed by atoms with van der Waals surface area (Å²) in [5.74, 6) is -2.32. The number of amides is 3. The number of para-hydroxylation sites is 1. The number of halogens is 1. The van der Waals surface area contributed by atoms with Crippen LogP contribution in [-0.4, -0.2) is 30.2 Å². The van der Waals surface area contributed by atoms with Gasteiger partial charge in [-0.2, -0.15) is 0 Å². The average molecular weight is 465 g/mol. The number of allylic oxidation sites excluding steroid dienone is 2. The maximum absolute atomic E-state index is 12.8. The van der Waals surface area contributed by atoms with E-state index in [2.05, 4.69) is 0 Å². The molecule has 0 spiro atoms. The zero-order chi connectivity index (χ0) is 23.1. The van der Waals surface area contributed by atoms with Gasteiger partial charge in [-0.25, -0.2) is 4.90 Å². The van der Waals surface area contributed by atoms with Crippen molar-refractivity contribution in [1.29, 1.82) is 0 Å². The van der Waals surface area contributed by atoms with E-state index in [4.69, 9.17) is 16.3 Å². The van der Waals surface area contributed by atoms with Crippen molar-refractivity contribution in [2.75, 3.05) is 16.3 Å². The van der Waals surface area contributed by atoms with Crippen LogP contribution in [0.25, 0.3) is 0 Å². The highest BCUT2D eigenvalue weighted by atomic mass is 35.5. The fourth-order valence-corrected chi connectivity index (χ4v) is 4.95. The Morgan fingerprint density at radius 3 is 2.33 bits per heavy atom. The van der Waals surface area contributed by atoms with Gasteiger partial charge in [-0.3, -0.25) is 19.2 Å². The molecule has 8 heteroatoms. The first kappa shape index (κ1) is 21.4. The maximum Gasteiger partial charge on any atom is 0.316 e. The van der Waals surface area contributed by atoms with Crippen molar-refractivity contribution in [3.8, 4) is 5.75 Å². The number of imide groups is 1. The van der Waals surface area contributed by atoms with E-state index < -0.39 is 11.9 Å². The van der Waals surface area contributed by atoms with Gasteiger partial charge in [-0.1, -0.05) is 42.0 Å². The Labute approximate surface area is 195 Å². The van der Waals surface area contributed by atoms with Gasteiger partial charge in [0.05, 0.1) is 34.2 Å². The van der Waals surface area contributed by atoms with Gasteiger partial charge in [-0.05, 0) is 37.1 Å². The summed E-state index contributed by atoms with van der Waals surface area (Å²) in [5, 5.41) is 0.434. The second-order valence-corrected chi connectivity index (χ2v) is 8.85. The van der Waals surface area contributed by atoms with Crippen LogP contribution in [0.4, 0.5) is 11.4 Å². The zero-order valence-corrected chi connectivity index (χ0v) is 18.4. The lowest BCUT2D eigenvalue weighted by molar-refractivity contribution is -0.139. The van der Waals surface area contributed by atoms with Crippen molar-refractivity contribution < 1.29 is 23.9 Å². The van der Waals surface area contributed by atoms with Crippen molar-refractivity contribution in [2.45, 2.75) is 19.3 Å². The summed E-state index contributed by atoms with van der Waals surface area (Å²) in [6, 6.07) is 13.4. The smallest absolute Gasteiger partial charge is 0.316 e. The number of ether oxygens (including phenoxy) is 1. The van der Waals surface area contributed by atoms with E-state index in [-0.39, 0.29) is 48.3 Å². The zero-order valence-electron chi connectivity index (χ0n) is 17.6. The van der Waals surface area contributed by atoms with Crippen LogP contribution in [0.15, 0.2) is 60.7 Å². The van der Waals surface area contributed by atoms with Crippen molar-refractivity contribution in [3.05, 3.63) is 65.7 Å². The number of esters is 1. The van der Waals surface area contributed by atoms with Crippen LogP contribution in [0.3, 0.4) is 0 Å². The molecule has 5 rings (SSSR count). The second kappa shape index (κ2) is 8.48. The fraction of sp³-hybridized carbons (Fsp3) is 0.280. The highest BCUT2D eigenvalue weighted by molar-refractivity contribution is 6.34. The van der Waals surface area contributed by atoms with Crippen LogP contribution in [0.1, 0.15) is 19.3 Å². The quantitative estimate of drug-likeness (QED) is 0.298. The van der Waals surface area contributed by atoms with E-state index in [1.54, 1.807) is 42.5 Å². The molecular weight excluding hydrogens is 444 g/mol. The fourth-order valence-electron chi connectivity index (χ4n) is 4.71. The predicted molar refractivity (Wildman–Crippen MR) is 122 cm³/mol. The molecular formula is C25H21ClN2O5. The van der Waals surface area contributed by atoms with Crippen LogP contribution >= 0.6 is 11.6 Å². The Bertz CT molecular complexity index is 1170. The van der Waals surface area contributed by atoms with Crippen LogP contribution in [0, 0.1) is 17.8 Å². The first-order valence-electron chi connectivity index (χ1n) is 10.8. The Hall–Kier alpha value is -3.45. The van der Waals surface area contributed by atoms with Crippen LogP contribution < -0.4 is 14.5 Å². The monoisotopic (exact) mass is 464 g/mol.